The number of halogens is 1. The average molecular weight is 338 g/mol. The molecule has 1 fully saturated rings. The van der Waals surface area contributed by atoms with Gasteiger partial charge >= 0.3 is 0 Å². The second-order valence-corrected chi connectivity index (χ2v) is 6.12. The van der Waals surface area contributed by atoms with Crippen molar-refractivity contribution in [2.24, 2.45) is 0 Å². The number of aromatic nitrogens is 6. The van der Waals surface area contributed by atoms with Crippen molar-refractivity contribution < 1.29 is 9.13 Å². The van der Waals surface area contributed by atoms with E-state index in [-0.39, 0.29) is 5.82 Å². The number of hydrogen-bond donors (Lipinski definition) is 0. The molecule has 0 N–H and O–H groups in total. The van der Waals surface area contributed by atoms with Crippen LogP contribution < -0.4 is 0 Å². The van der Waals surface area contributed by atoms with Gasteiger partial charge in [-0.2, -0.15) is 4.98 Å². The first-order valence-electron chi connectivity index (χ1n) is 8.20. The van der Waals surface area contributed by atoms with Gasteiger partial charge in [-0.1, -0.05) is 0 Å². The molecule has 25 heavy (non-hydrogen) atoms. The number of nitrogens with zero attached hydrogens (tertiary/aromatic N) is 6. The molecule has 1 saturated heterocycles. The van der Waals surface area contributed by atoms with E-state index in [0.29, 0.717) is 23.0 Å². The summed E-state index contributed by atoms with van der Waals surface area (Å²) in [5.41, 5.74) is 2.85. The van der Waals surface area contributed by atoms with Crippen LogP contribution in [0.4, 0.5) is 4.39 Å². The topological polar surface area (TPSA) is 70.7 Å². The maximum atomic E-state index is 13.6. The minimum Gasteiger partial charge on any atom is -0.381 e. The van der Waals surface area contributed by atoms with Gasteiger partial charge in [-0.25, -0.2) is 19.3 Å². The highest BCUT2D eigenvalue weighted by atomic mass is 19.1. The third kappa shape index (κ3) is 2.37. The van der Waals surface area contributed by atoms with Gasteiger partial charge in [0.05, 0.1) is 23.6 Å². The molecule has 0 unspecified atom stereocenters. The van der Waals surface area contributed by atoms with Crippen LogP contribution in [0.2, 0.25) is 0 Å². The monoisotopic (exact) mass is 338 g/mol. The zero-order chi connectivity index (χ0) is 16.8. The van der Waals surface area contributed by atoms with Gasteiger partial charge < -0.3 is 9.30 Å². The van der Waals surface area contributed by atoms with E-state index >= 15 is 0 Å². The molecule has 5 rings (SSSR count). The second-order valence-electron chi connectivity index (χ2n) is 6.12. The van der Waals surface area contributed by atoms with E-state index in [4.69, 9.17) is 4.74 Å². The van der Waals surface area contributed by atoms with Crippen LogP contribution >= 0.6 is 0 Å². The molecule has 8 heteroatoms. The standard InChI is InChI=1S/C17H15FN6O/c18-11-1-2-13-15(7-11)24(10-20-13)17-19-8-14-16(22-17)23(9-21-14)12-3-5-25-6-4-12/h1-2,7-10,12H,3-6H2. The van der Waals surface area contributed by atoms with Gasteiger partial charge in [0.2, 0.25) is 5.95 Å². The third-order valence-electron chi connectivity index (χ3n) is 4.61. The van der Waals surface area contributed by atoms with Gasteiger partial charge in [0.25, 0.3) is 0 Å². The van der Waals surface area contributed by atoms with Crippen molar-refractivity contribution >= 4 is 22.2 Å². The molecule has 0 atom stereocenters. The van der Waals surface area contributed by atoms with Crippen molar-refractivity contribution in [3.05, 3.63) is 42.9 Å². The molecule has 3 aromatic heterocycles. The van der Waals surface area contributed by atoms with Crippen molar-refractivity contribution in [3.8, 4) is 5.95 Å². The molecule has 4 aromatic rings. The van der Waals surface area contributed by atoms with Crippen molar-refractivity contribution in [1.82, 2.24) is 29.1 Å². The van der Waals surface area contributed by atoms with Crippen molar-refractivity contribution in [3.63, 3.8) is 0 Å². The Morgan fingerprint density at radius 3 is 2.76 bits per heavy atom. The molecule has 126 valence electrons. The van der Waals surface area contributed by atoms with E-state index in [1.165, 1.54) is 12.1 Å². The molecule has 7 nitrogen and oxygen atoms in total. The summed E-state index contributed by atoms with van der Waals surface area (Å²) in [7, 11) is 0. The molecule has 4 heterocycles. The Labute approximate surface area is 142 Å². The van der Waals surface area contributed by atoms with Gasteiger partial charge in [-0.3, -0.25) is 4.57 Å². The van der Waals surface area contributed by atoms with Crippen LogP contribution in [0.5, 0.6) is 0 Å². The van der Waals surface area contributed by atoms with Crippen molar-refractivity contribution in [2.75, 3.05) is 13.2 Å². The smallest absolute Gasteiger partial charge is 0.237 e. The molecular formula is C17H15FN6O. The third-order valence-corrected chi connectivity index (χ3v) is 4.61. The van der Waals surface area contributed by atoms with Crippen LogP contribution in [-0.2, 0) is 4.74 Å². The molecule has 0 bridgehead atoms. The van der Waals surface area contributed by atoms with Crippen LogP contribution in [0.25, 0.3) is 28.1 Å². The SMILES string of the molecule is Fc1ccc2ncn(-c3ncc4ncn(C5CCOCC5)c4n3)c2c1. The lowest BCUT2D eigenvalue weighted by Crippen LogP contribution is -2.19. The lowest BCUT2D eigenvalue weighted by atomic mass is 10.1. The minimum atomic E-state index is -0.317. The van der Waals surface area contributed by atoms with Gasteiger partial charge in [0.15, 0.2) is 5.65 Å². The first-order chi connectivity index (χ1) is 12.3. The molecular weight excluding hydrogens is 323 g/mol. The first-order valence-corrected chi connectivity index (χ1v) is 8.20. The van der Waals surface area contributed by atoms with Gasteiger partial charge in [-0.15, -0.1) is 0 Å². The molecule has 0 aliphatic carbocycles. The largest absolute Gasteiger partial charge is 0.381 e. The number of benzene rings is 1. The Balaban J connectivity index is 1.65. The lowest BCUT2D eigenvalue weighted by molar-refractivity contribution is 0.0704. The Morgan fingerprint density at radius 2 is 1.88 bits per heavy atom. The quantitative estimate of drug-likeness (QED) is 0.562. The fourth-order valence-corrected chi connectivity index (χ4v) is 3.30. The molecule has 0 radical (unpaired) electrons. The van der Waals surface area contributed by atoms with Crippen LogP contribution in [0.15, 0.2) is 37.1 Å². The fraction of sp³-hybridized carbons (Fsp3) is 0.294. The lowest BCUT2D eigenvalue weighted by Gasteiger charge is -2.23. The summed E-state index contributed by atoms with van der Waals surface area (Å²) in [6.07, 6.45) is 6.98. The molecule has 1 aliphatic heterocycles. The molecule has 1 aromatic carbocycles. The van der Waals surface area contributed by atoms with Crippen LogP contribution in [-0.4, -0.2) is 42.3 Å². The predicted octanol–water partition coefficient (Wildman–Crippen LogP) is 2.66. The van der Waals surface area contributed by atoms with E-state index in [2.05, 4.69) is 24.5 Å². The summed E-state index contributed by atoms with van der Waals surface area (Å²) in [6.45, 7) is 1.49. The first kappa shape index (κ1) is 14.5. The number of rotatable bonds is 2. The highest BCUT2D eigenvalue weighted by Gasteiger charge is 2.19. The maximum absolute atomic E-state index is 13.6. The molecule has 0 amide bonds. The van der Waals surface area contributed by atoms with Crippen LogP contribution in [0.3, 0.4) is 0 Å². The minimum absolute atomic E-state index is 0.317. The zero-order valence-electron chi connectivity index (χ0n) is 13.3. The van der Waals surface area contributed by atoms with Gasteiger partial charge in [0.1, 0.15) is 17.7 Å². The van der Waals surface area contributed by atoms with Gasteiger partial charge in [0, 0.05) is 25.3 Å². The Bertz CT molecular complexity index is 1070. The summed E-state index contributed by atoms with van der Waals surface area (Å²) < 4.78 is 22.8. The number of ether oxygens (including phenoxy) is 1. The molecule has 1 aliphatic rings. The highest BCUT2D eigenvalue weighted by molar-refractivity contribution is 5.77. The molecule has 0 spiro atoms. The van der Waals surface area contributed by atoms with Crippen molar-refractivity contribution in [2.45, 2.75) is 18.9 Å². The summed E-state index contributed by atoms with van der Waals surface area (Å²) in [4.78, 5) is 17.8. The summed E-state index contributed by atoms with van der Waals surface area (Å²) in [5.74, 6) is 0.136. The zero-order valence-corrected chi connectivity index (χ0v) is 13.3. The van der Waals surface area contributed by atoms with E-state index in [1.54, 1.807) is 23.2 Å². The maximum Gasteiger partial charge on any atom is 0.237 e. The van der Waals surface area contributed by atoms with E-state index in [0.717, 1.165) is 37.2 Å². The normalized spacial score (nSPS) is 16.0. The van der Waals surface area contributed by atoms with E-state index in [1.807, 2.05) is 6.33 Å². The predicted molar refractivity (Wildman–Crippen MR) is 89.0 cm³/mol. The fourth-order valence-electron chi connectivity index (χ4n) is 3.30. The Morgan fingerprint density at radius 1 is 1.04 bits per heavy atom. The van der Waals surface area contributed by atoms with Crippen LogP contribution in [0.1, 0.15) is 18.9 Å². The summed E-state index contributed by atoms with van der Waals surface area (Å²) in [5, 5.41) is 0. The Hall–Kier alpha value is -2.87. The highest BCUT2D eigenvalue weighted by Crippen LogP contribution is 2.25. The van der Waals surface area contributed by atoms with E-state index in [9.17, 15) is 4.39 Å². The summed E-state index contributed by atoms with van der Waals surface area (Å²) in [6, 6.07) is 4.79. The average Bonchev–Trinajstić information content (AvgIpc) is 3.25. The van der Waals surface area contributed by atoms with Crippen molar-refractivity contribution in [1.29, 1.82) is 0 Å². The van der Waals surface area contributed by atoms with Gasteiger partial charge in [-0.05, 0) is 25.0 Å². The molecule has 0 saturated carbocycles. The number of imidazole rings is 2. The second kappa shape index (κ2) is 5.59. The van der Waals surface area contributed by atoms with Crippen LogP contribution in [0, 0.1) is 5.82 Å². The van der Waals surface area contributed by atoms with E-state index < -0.39 is 0 Å². The Kier molecular flexibility index (Phi) is 3.24. The number of fused-ring (bicyclic) bond motifs is 2. The summed E-state index contributed by atoms with van der Waals surface area (Å²) >= 11 is 0. The number of hydrogen-bond acceptors (Lipinski definition) is 5.